The monoisotopic (exact) mass is 333 g/mol. The summed E-state index contributed by atoms with van der Waals surface area (Å²) in [6.45, 7) is 5.30. The second-order valence-electron chi connectivity index (χ2n) is 6.29. The Hall–Kier alpha value is -1.59. The summed E-state index contributed by atoms with van der Waals surface area (Å²) in [5, 5.41) is 10.8. The van der Waals surface area contributed by atoms with Crippen molar-refractivity contribution in [2.24, 2.45) is 5.92 Å². The molecule has 0 aliphatic carbocycles. The number of aryl methyl sites for hydroxylation is 1. The molecule has 1 unspecified atom stereocenters. The van der Waals surface area contributed by atoms with Gasteiger partial charge in [-0.3, -0.25) is 4.79 Å². The van der Waals surface area contributed by atoms with Gasteiger partial charge in [0.05, 0.1) is 18.1 Å². The first kappa shape index (κ1) is 16.3. The fourth-order valence-electron chi connectivity index (χ4n) is 3.26. The van der Waals surface area contributed by atoms with Crippen molar-refractivity contribution < 1.29 is 14.6 Å². The molecule has 4 nitrogen and oxygen atoms in total. The summed E-state index contributed by atoms with van der Waals surface area (Å²) in [5.41, 5.74) is 1.03. The van der Waals surface area contributed by atoms with Crippen LogP contribution in [0.5, 0.6) is 5.75 Å². The zero-order chi connectivity index (χ0) is 16.6. The first-order valence-electron chi connectivity index (χ1n) is 8.05. The minimum absolute atomic E-state index is 0.117. The third-order valence-electron chi connectivity index (χ3n) is 4.85. The molecule has 1 N–H and O–H groups in total. The summed E-state index contributed by atoms with van der Waals surface area (Å²) >= 11 is 1.56. The number of amides is 1. The summed E-state index contributed by atoms with van der Waals surface area (Å²) in [5.74, 6) is 1.24. The maximum Gasteiger partial charge on any atom is 0.264 e. The Kier molecular flexibility index (Phi) is 4.60. The summed E-state index contributed by atoms with van der Waals surface area (Å²) in [4.78, 5) is 15.6. The number of nitrogens with zero attached hydrogens (tertiary/aromatic N) is 1. The smallest absolute Gasteiger partial charge is 0.264 e. The molecule has 5 heteroatoms. The van der Waals surface area contributed by atoms with Crippen LogP contribution in [0, 0.1) is 12.8 Å². The Morgan fingerprint density at radius 1 is 1.39 bits per heavy atom. The van der Waals surface area contributed by atoms with E-state index in [1.807, 2.05) is 36.9 Å². The molecule has 0 saturated carbocycles. The number of thiophene rings is 1. The van der Waals surface area contributed by atoms with Crippen molar-refractivity contribution in [3.8, 4) is 5.75 Å². The molecular weight excluding hydrogens is 310 g/mol. The van der Waals surface area contributed by atoms with E-state index in [1.165, 1.54) is 0 Å². The lowest BCUT2D eigenvalue weighted by atomic mass is 9.92. The number of ether oxygens (including phenoxy) is 1. The average Bonchev–Trinajstić information content (AvgIpc) is 2.90. The van der Waals surface area contributed by atoms with Gasteiger partial charge in [0.25, 0.3) is 5.91 Å². The van der Waals surface area contributed by atoms with E-state index in [-0.39, 0.29) is 12.0 Å². The van der Waals surface area contributed by atoms with Crippen LogP contribution in [0.15, 0.2) is 18.2 Å². The zero-order valence-electron chi connectivity index (χ0n) is 13.8. The number of piperidine rings is 1. The van der Waals surface area contributed by atoms with Gasteiger partial charge in [0.1, 0.15) is 5.75 Å². The van der Waals surface area contributed by atoms with E-state index in [4.69, 9.17) is 4.74 Å². The molecule has 1 aromatic carbocycles. The molecule has 2 aromatic rings. The van der Waals surface area contributed by atoms with E-state index in [9.17, 15) is 9.90 Å². The van der Waals surface area contributed by atoms with Crippen molar-refractivity contribution in [2.45, 2.75) is 32.8 Å². The molecule has 1 saturated heterocycles. The number of hydrogen-bond donors (Lipinski definition) is 1. The molecule has 1 aromatic heterocycles. The molecule has 1 fully saturated rings. The van der Waals surface area contributed by atoms with Crippen molar-refractivity contribution in [1.82, 2.24) is 4.90 Å². The number of fused-ring (bicyclic) bond motifs is 1. The van der Waals surface area contributed by atoms with Crippen LogP contribution in [0.3, 0.4) is 0 Å². The number of hydrogen-bond acceptors (Lipinski definition) is 4. The number of methoxy groups -OCH3 is 1. The van der Waals surface area contributed by atoms with Crippen LogP contribution < -0.4 is 4.74 Å². The number of benzene rings is 1. The van der Waals surface area contributed by atoms with Crippen molar-refractivity contribution in [3.05, 3.63) is 28.6 Å². The fourth-order valence-corrected chi connectivity index (χ4v) is 4.42. The van der Waals surface area contributed by atoms with Crippen LogP contribution in [0.2, 0.25) is 0 Å². The minimum Gasteiger partial charge on any atom is -0.497 e. The number of rotatable bonds is 3. The van der Waals surface area contributed by atoms with Gasteiger partial charge >= 0.3 is 0 Å². The lowest BCUT2D eigenvalue weighted by Gasteiger charge is -2.33. The van der Waals surface area contributed by atoms with Crippen LogP contribution in [0.1, 0.15) is 35.0 Å². The van der Waals surface area contributed by atoms with Crippen molar-refractivity contribution in [1.29, 1.82) is 0 Å². The molecule has 1 aliphatic rings. The van der Waals surface area contributed by atoms with E-state index < -0.39 is 0 Å². The Morgan fingerprint density at radius 3 is 2.70 bits per heavy atom. The Balaban J connectivity index is 1.83. The maximum atomic E-state index is 12.9. The van der Waals surface area contributed by atoms with Crippen molar-refractivity contribution in [3.63, 3.8) is 0 Å². The molecule has 1 atom stereocenters. The highest BCUT2D eigenvalue weighted by Gasteiger charge is 2.28. The highest BCUT2D eigenvalue weighted by Crippen LogP contribution is 2.34. The van der Waals surface area contributed by atoms with Gasteiger partial charge in [0, 0.05) is 17.8 Å². The Bertz CT molecular complexity index is 714. The van der Waals surface area contributed by atoms with Gasteiger partial charge in [0.15, 0.2) is 0 Å². The van der Waals surface area contributed by atoms with Crippen molar-refractivity contribution >= 4 is 27.3 Å². The van der Waals surface area contributed by atoms with Crippen LogP contribution in [0.25, 0.3) is 10.1 Å². The molecule has 0 spiro atoms. The Morgan fingerprint density at radius 2 is 2.09 bits per heavy atom. The van der Waals surface area contributed by atoms with Gasteiger partial charge in [-0.05, 0) is 61.8 Å². The quantitative estimate of drug-likeness (QED) is 0.936. The van der Waals surface area contributed by atoms with E-state index in [1.54, 1.807) is 18.4 Å². The van der Waals surface area contributed by atoms with E-state index in [0.717, 1.165) is 52.2 Å². The lowest BCUT2D eigenvalue weighted by molar-refractivity contribution is 0.0524. The molecule has 1 aliphatic heterocycles. The largest absolute Gasteiger partial charge is 0.497 e. The number of carbonyl (C=O) groups is 1. The number of carbonyl (C=O) groups excluding carboxylic acids is 1. The summed E-state index contributed by atoms with van der Waals surface area (Å²) < 4.78 is 6.40. The first-order valence-corrected chi connectivity index (χ1v) is 8.87. The van der Waals surface area contributed by atoms with E-state index in [0.29, 0.717) is 5.92 Å². The van der Waals surface area contributed by atoms with Gasteiger partial charge in [-0.25, -0.2) is 0 Å². The molecule has 3 rings (SSSR count). The number of likely N-dealkylation sites (tertiary alicyclic amines) is 1. The maximum absolute atomic E-state index is 12.9. The van der Waals surface area contributed by atoms with Crippen LogP contribution in [0.4, 0.5) is 0 Å². The lowest BCUT2D eigenvalue weighted by Crippen LogP contribution is -2.40. The topological polar surface area (TPSA) is 49.8 Å². The van der Waals surface area contributed by atoms with Crippen LogP contribution in [-0.2, 0) is 0 Å². The van der Waals surface area contributed by atoms with Crippen LogP contribution in [-0.4, -0.2) is 42.2 Å². The summed E-state index contributed by atoms with van der Waals surface area (Å²) in [7, 11) is 1.65. The molecule has 0 bridgehead atoms. The van der Waals surface area contributed by atoms with Gasteiger partial charge in [0.2, 0.25) is 0 Å². The summed E-state index contributed by atoms with van der Waals surface area (Å²) in [6.07, 6.45) is 1.47. The second kappa shape index (κ2) is 6.49. The molecule has 1 amide bonds. The number of aliphatic hydroxyl groups is 1. The summed E-state index contributed by atoms with van der Waals surface area (Å²) in [6, 6.07) is 5.95. The van der Waals surface area contributed by atoms with Crippen molar-refractivity contribution in [2.75, 3.05) is 20.2 Å². The minimum atomic E-state index is -0.286. The average molecular weight is 333 g/mol. The third-order valence-corrected chi connectivity index (χ3v) is 6.11. The molecule has 124 valence electrons. The third kappa shape index (κ3) is 3.08. The molecule has 0 radical (unpaired) electrons. The fraction of sp³-hybridized carbons (Fsp3) is 0.500. The zero-order valence-corrected chi connectivity index (χ0v) is 14.7. The highest BCUT2D eigenvalue weighted by molar-refractivity contribution is 7.21. The van der Waals surface area contributed by atoms with Gasteiger partial charge < -0.3 is 14.7 Å². The molecule has 23 heavy (non-hydrogen) atoms. The van der Waals surface area contributed by atoms with E-state index >= 15 is 0 Å². The van der Waals surface area contributed by atoms with Gasteiger partial charge in [-0.1, -0.05) is 0 Å². The predicted molar refractivity (Wildman–Crippen MR) is 93.4 cm³/mol. The predicted octanol–water partition coefficient (Wildman–Crippen LogP) is 3.45. The van der Waals surface area contributed by atoms with Gasteiger partial charge in [-0.2, -0.15) is 0 Å². The SMILES string of the molecule is COc1ccc2sc(C(=O)N3CCC(C(C)O)CC3)c(C)c2c1. The molecule has 2 heterocycles. The number of aliphatic hydroxyl groups excluding tert-OH is 1. The highest BCUT2D eigenvalue weighted by atomic mass is 32.1. The first-order chi connectivity index (χ1) is 11.0. The van der Waals surface area contributed by atoms with Gasteiger partial charge in [-0.15, -0.1) is 11.3 Å². The Labute approximate surface area is 140 Å². The van der Waals surface area contributed by atoms with E-state index in [2.05, 4.69) is 0 Å². The standard InChI is InChI=1S/C18H23NO3S/c1-11-15-10-14(22-3)4-5-16(15)23-17(11)18(21)19-8-6-13(7-9-19)12(2)20/h4-5,10,12-13,20H,6-9H2,1-3H3. The van der Waals surface area contributed by atoms with Crippen LogP contribution >= 0.6 is 11.3 Å². The normalized spacial score (nSPS) is 17.5. The second-order valence-corrected chi connectivity index (χ2v) is 7.34. The molecular formula is C18H23NO3S.